The third-order valence-corrected chi connectivity index (χ3v) is 4.25. The molecule has 7 nitrogen and oxygen atoms in total. The first kappa shape index (κ1) is 15.2. The van der Waals surface area contributed by atoms with Crippen molar-refractivity contribution < 1.29 is 19.1 Å². The fraction of sp³-hybridized carbons (Fsp3) is 0.167. The normalized spacial score (nSPS) is 18.7. The summed E-state index contributed by atoms with van der Waals surface area (Å²) in [6, 6.07) is 12.2. The van der Waals surface area contributed by atoms with Crippen LogP contribution in [0, 0.1) is 5.92 Å². The molecule has 25 heavy (non-hydrogen) atoms. The third kappa shape index (κ3) is 2.91. The standard InChI is InChI=1S/C18H15N3O4/c22-17(12-10-11(12)16-6-3-9-25-16)19-13-4-1-2-5-15(13)21-8-7-14(20-21)18(23)24/h1-9,11-12H,10H2,(H,19,22)(H,23,24)/t11-,12-/m1/s1. The highest BCUT2D eigenvalue weighted by Crippen LogP contribution is 2.48. The average Bonchev–Trinajstić information content (AvgIpc) is 3.02. The van der Waals surface area contributed by atoms with Gasteiger partial charge in [0.15, 0.2) is 5.69 Å². The van der Waals surface area contributed by atoms with Gasteiger partial charge >= 0.3 is 5.97 Å². The number of amides is 1. The lowest BCUT2D eigenvalue weighted by atomic mass is 10.2. The maximum absolute atomic E-state index is 12.5. The predicted molar refractivity (Wildman–Crippen MR) is 88.7 cm³/mol. The molecule has 1 fully saturated rings. The average molecular weight is 337 g/mol. The van der Waals surface area contributed by atoms with Gasteiger partial charge in [-0.3, -0.25) is 4.79 Å². The van der Waals surface area contributed by atoms with Crippen molar-refractivity contribution in [1.82, 2.24) is 9.78 Å². The molecule has 0 saturated heterocycles. The Morgan fingerprint density at radius 1 is 1.20 bits per heavy atom. The van der Waals surface area contributed by atoms with Gasteiger partial charge in [-0.15, -0.1) is 0 Å². The van der Waals surface area contributed by atoms with E-state index < -0.39 is 5.97 Å². The molecule has 1 saturated carbocycles. The SMILES string of the molecule is O=C(O)c1ccn(-c2ccccc2NC(=O)[C@@H]2C[C@H]2c2ccco2)n1. The van der Waals surface area contributed by atoms with Crippen molar-refractivity contribution in [3.63, 3.8) is 0 Å². The molecule has 2 N–H and O–H groups in total. The fourth-order valence-electron chi connectivity index (χ4n) is 2.88. The van der Waals surface area contributed by atoms with E-state index in [1.165, 1.54) is 10.7 Å². The second kappa shape index (κ2) is 5.94. The number of hydrogen-bond acceptors (Lipinski definition) is 4. The number of nitrogens with zero attached hydrogens (tertiary/aromatic N) is 2. The summed E-state index contributed by atoms with van der Waals surface area (Å²) in [5.41, 5.74) is 1.14. The molecule has 1 aliphatic rings. The number of carbonyl (C=O) groups is 2. The van der Waals surface area contributed by atoms with Crippen molar-refractivity contribution in [3.8, 4) is 5.69 Å². The van der Waals surface area contributed by atoms with E-state index in [0.717, 1.165) is 12.2 Å². The molecule has 3 aromatic rings. The van der Waals surface area contributed by atoms with E-state index in [9.17, 15) is 9.59 Å². The monoisotopic (exact) mass is 337 g/mol. The van der Waals surface area contributed by atoms with Gasteiger partial charge in [0, 0.05) is 18.0 Å². The van der Waals surface area contributed by atoms with E-state index >= 15 is 0 Å². The van der Waals surface area contributed by atoms with Crippen LogP contribution in [-0.4, -0.2) is 26.8 Å². The van der Waals surface area contributed by atoms with Crippen LogP contribution in [0.4, 0.5) is 5.69 Å². The highest BCUT2D eigenvalue weighted by molar-refractivity contribution is 5.96. The molecule has 2 aromatic heterocycles. The van der Waals surface area contributed by atoms with Crippen LogP contribution in [0.25, 0.3) is 5.69 Å². The van der Waals surface area contributed by atoms with Crippen LogP contribution in [0.1, 0.15) is 28.6 Å². The van der Waals surface area contributed by atoms with E-state index in [2.05, 4.69) is 10.4 Å². The van der Waals surface area contributed by atoms with Gasteiger partial charge in [-0.05, 0) is 36.8 Å². The zero-order chi connectivity index (χ0) is 17.4. The summed E-state index contributed by atoms with van der Waals surface area (Å²) < 4.78 is 6.80. The number of hydrogen-bond donors (Lipinski definition) is 2. The van der Waals surface area contributed by atoms with Gasteiger partial charge in [0.25, 0.3) is 0 Å². The van der Waals surface area contributed by atoms with Gasteiger partial charge in [0.05, 0.1) is 17.6 Å². The molecule has 0 radical (unpaired) electrons. The summed E-state index contributed by atoms with van der Waals surface area (Å²) in [6.07, 6.45) is 3.92. The molecule has 1 amide bonds. The molecular weight excluding hydrogens is 322 g/mol. The van der Waals surface area contributed by atoms with E-state index in [-0.39, 0.29) is 23.4 Å². The third-order valence-electron chi connectivity index (χ3n) is 4.25. The Kier molecular flexibility index (Phi) is 3.61. The Morgan fingerprint density at radius 2 is 2.04 bits per heavy atom. The smallest absolute Gasteiger partial charge is 0.356 e. The molecule has 4 rings (SSSR count). The molecular formula is C18H15N3O4. The molecule has 2 heterocycles. The lowest BCUT2D eigenvalue weighted by Gasteiger charge is -2.11. The molecule has 0 bridgehead atoms. The Morgan fingerprint density at radius 3 is 2.76 bits per heavy atom. The second-order valence-corrected chi connectivity index (χ2v) is 5.92. The molecule has 126 valence electrons. The number of carbonyl (C=O) groups excluding carboxylic acids is 1. The summed E-state index contributed by atoms with van der Waals surface area (Å²) in [4.78, 5) is 23.5. The quantitative estimate of drug-likeness (QED) is 0.746. The number of carboxylic acid groups (broad SMARTS) is 1. The van der Waals surface area contributed by atoms with Crippen molar-refractivity contribution >= 4 is 17.6 Å². The van der Waals surface area contributed by atoms with Gasteiger partial charge in [-0.25, -0.2) is 9.48 Å². The molecule has 7 heteroatoms. The lowest BCUT2D eigenvalue weighted by Crippen LogP contribution is -2.16. The molecule has 0 unspecified atom stereocenters. The number of carboxylic acids is 1. The fourth-order valence-corrected chi connectivity index (χ4v) is 2.88. The van der Waals surface area contributed by atoms with E-state index in [1.54, 1.807) is 36.7 Å². The minimum absolute atomic E-state index is 0.0544. The van der Waals surface area contributed by atoms with Gasteiger partial charge < -0.3 is 14.8 Å². The van der Waals surface area contributed by atoms with Crippen molar-refractivity contribution in [2.24, 2.45) is 5.92 Å². The van der Waals surface area contributed by atoms with Crippen molar-refractivity contribution in [2.45, 2.75) is 12.3 Å². The first-order valence-electron chi connectivity index (χ1n) is 7.86. The Balaban J connectivity index is 1.53. The molecule has 2 atom stereocenters. The molecule has 1 aromatic carbocycles. The topological polar surface area (TPSA) is 97.4 Å². The zero-order valence-corrected chi connectivity index (χ0v) is 13.1. The van der Waals surface area contributed by atoms with Gasteiger partial charge in [0.1, 0.15) is 5.76 Å². The number of rotatable bonds is 5. The van der Waals surface area contributed by atoms with E-state index in [0.29, 0.717) is 11.4 Å². The van der Waals surface area contributed by atoms with E-state index in [4.69, 9.17) is 9.52 Å². The van der Waals surface area contributed by atoms with Crippen LogP contribution < -0.4 is 5.32 Å². The number of nitrogens with one attached hydrogen (secondary N) is 1. The number of anilines is 1. The zero-order valence-electron chi connectivity index (χ0n) is 13.1. The van der Waals surface area contributed by atoms with Gasteiger partial charge in [0.2, 0.25) is 5.91 Å². The summed E-state index contributed by atoms with van der Waals surface area (Å²) in [6.45, 7) is 0. The highest BCUT2D eigenvalue weighted by Gasteiger charge is 2.45. The van der Waals surface area contributed by atoms with Gasteiger partial charge in [-0.2, -0.15) is 5.10 Å². The number of furan rings is 1. The Hall–Kier alpha value is -3.35. The first-order valence-corrected chi connectivity index (χ1v) is 7.86. The maximum atomic E-state index is 12.5. The second-order valence-electron chi connectivity index (χ2n) is 5.92. The van der Waals surface area contributed by atoms with Crippen molar-refractivity contribution in [3.05, 3.63) is 66.4 Å². The van der Waals surface area contributed by atoms with E-state index in [1.807, 2.05) is 12.1 Å². The van der Waals surface area contributed by atoms with Crippen LogP contribution in [0.15, 0.2) is 59.3 Å². The molecule has 0 spiro atoms. The minimum atomic E-state index is -1.10. The first-order chi connectivity index (χ1) is 12.1. The van der Waals surface area contributed by atoms with Crippen molar-refractivity contribution in [2.75, 3.05) is 5.32 Å². The van der Waals surface area contributed by atoms with Crippen LogP contribution in [0.3, 0.4) is 0 Å². The summed E-state index contributed by atoms with van der Waals surface area (Å²) in [5, 5.41) is 15.9. The summed E-state index contributed by atoms with van der Waals surface area (Å²) in [7, 11) is 0. The van der Waals surface area contributed by atoms with Gasteiger partial charge in [-0.1, -0.05) is 12.1 Å². The Bertz CT molecular complexity index is 929. The number of aromatic carboxylic acids is 1. The van der Waals surface area contributed by atoms with Crippen LogP contribution >= 0.6 is 0 Å². The highest BCUT2D eigenvalue weighted by atomic mass is 16.4. The molecule has 1 aliphatic carbocycles. The van der Waals surface area contributed by atoms with Crippen LogP contribution in [0.2, 0.25) is 0 Å². The van der Waals surface area contributed by atoms with Crippen molar-refractivity contribution in [1.29, 1.82) is 0 Å². The number of benzene rings is 1. The van der Waals surface area contributed by atoms with Crippen LogP contribution in [0.5, 0.6) is 0 Å². The Labute approximate surface area is 142 Å². The summed E-state index contributed by atoms with van der Waals surface area (Å²) in [5.74, 6) is -0.359. The minimum Gasteiger partial charge on any atom is -0.476 e. The number of para-hydroxylation sites is 2. The predicted octanol–water partition coefficient (Wildman–Crippen LogP) is 2.91. The largest absolute Gasteiger partial charge is 0.476 e. The molecule has 0 aliphatic heterocycles. The number of aromatic nitrogens is 2. The summed E-state index contributed by atoms with van der Waals surface area (Å²) >= 11 is 0. The lowest BCUT2D eigenvalue weighted by molar-refractivity contribution is -0.117. The maximum Gasteiger partial charge on any atom is 0.356 e. The van der Waals surface area contributed by atoms with Crippen LogP contribution in [-0.2, 0) is 4.79 Å².